The predicted molar refractivity (Wildman–Crippen MR) is 127 cm³/mol. The van der Waals surface area contributed by atoms with Crippen LogP contribution >= 0.6 is 11.6 Å². The standard InChI is InChI=1S/C23H23ClN4O4S/c1-14-20(21(24)28(26-14)16-11-12-33(30,31)13-16)22-25-19-6-4-3-5-18(19)23(29)27(22)15-7-9-17(32-2)10-8-15/h3-10,16,22,25H,11-13H2,1-2H3/t16-,22-/m0/s1. The van der Waals surface area contributed by atoms with E-state index in [9.17, 15) is 13.2 Å². The average Bonchev–Trinajstić information content (AvgIpc) is 3.31. The minimum absolute atomic E-state index is 0.00926. The number of ether oxygens (including phenoxy) is 1. The van der Waals surface area contributed by atoms with E-state index in [4.69, 9.17) is 16.3 Å². The summed E-state index contributed by atoms with van der Waals surface area (Å²) < 4.78 is 30.9. The number of hydrogen-bond acceptors (Lipinski definition) is 6. The Labute approximate surface area is 197 Å². The van der Waals surface area contributed by atoms with Crippen molar-refractivity contribution in [1.82, 2.24) is 9.78 Å². The van der Waals surface area contributed by atoms with Gasteiger partial charge in [-0.15, -0.1) is 0 Å². The Morgan fingerprint density at radius 1 is 1.15 bits per heavy atom. The molecule has 1 amide bonds. The van der Waals surface area contributed by atoms with Crippen molar-refractivity contribution in [3.05, 3.63) is 70.5 Å². The number of nitrogens with one attached hydrogen (secondary N) is 1. The van der Waals surface area contributed by atoms with Crippen LogP contribution in [-0.2, 0) is 9.84 Å². The molecule has 8 nitrogen and oxygen atoms in total. The Kier molecular flexibility index (Phi) is 5.33. The van der Waals surface area contributed by atoms with E-state index in [1.807, 2.05) is 37.3 Å². The molecule has 0 unspecified atom stereocenters. The van der Waals surface area contributed by atoms with Crippen LogP contribution in [0, 0.1) is 6.92 Å². The number of carbonyl (C=O) groups excluding carboxylic acids is 1. The molecule has 2 aromatic carbocycles. The molecule has 1 N–H and O–H groups in total. The van der Waals surface area contributed by atoms with Gasteiger partial charge in [0.1, 0.15) is 17.1 Å². The number of amides is 1. The summed E-state index contributed by atoms with van der Waals surface area (Å²) in [4.78, 5) is 15.3. The van der Waals surface area contributed by atoms with Crippen molar-refractivity contribution in [2.24, 2.45) is 0 Å². The van der Waals surface area contributed by atoms with Gasteiger partial charge in [-0.3, -0.25) is 9.69 Å². The molecule has 1 aromatic heterocycles. The first kappa shape index (κ1) is 21.8. The second-order valence-corrected chi connectivity index (χ2v) is 10.8. The molecule has 2 atom stereocenters. The maximum atomic E-state index is 13.6. The fourth-order valence-corrected chi connectivity index (χ4v) is 6.63. The van der Waals surface area contributed by atoms with Crippen molar-refractivity contribution in [3.8, 4) is 5.75 Å². The van der Waals surface area contributed by atoms with Crippen LogP contribution in [0.1, 0.15) is 40.2 Å². The summed E-state index contributed by atoms with van der Waals surface area (Å²) in [5, 5.41) is 8.36. The highest BCUT2D eigenvalue weighted by molar-refractivity contribution is 7.91. The second kappa shape index (κ2) is 8.07. The quantitative estimate of drug-likeness (QED) is 0.599. The predicted octanol–water partition coefficient (Wildman–Crippen LogP) is 3.98. The van der Waals surface area contributed by atoms with Crippen LogP contribution in [0.3, 0.4) is 0 Å². The molecule has 2 aliphatic heterocycles. The lowest BCUT2D eigenvalue weighted by atomic mass is 10.0. The molecule has 3 heterocycles. The molecule has 0 saturated carbocycles. The van der Waals surface area contributed by atoms with E-state index in [-0.39, 0.29) is 23.5 Å². The first-order valence-electron chi connectivity index (χ1n) is 10.6. The number of nitrogens with zero attached hydrogens (tertiary/aromatic N) is 3. The summed E-state index contributed by atoms with van der Waals surface area (Å²) >= 11 is 6.82. The smallest absolute Gasteiger partial charge is 0.262 e. The van der Waals surface area contributed by atoms with Gasteiger partial charge in [-0.25, -0.2) is 13.1 Å². The van der Waals surface area contributed by atoms with E-state index < -0.39 is 16.0 Å². The van der Waals surface area contributed by atoms with Crippen molar-refractivity contribution in [2.45, 2.75) is 25.6 Å². The number of rotatable bonds is 4. The van der Waals surface area contributed by atoms with Gasteiger partial charge >= 0.3 is 0 Å². The largest absolute Gasteiger partial charge is 0.497 e. The monoisotopic (exact) mass is 486 g/mol. The zero-order valence-electron chi connectivity index (χ0n) is 18.2. The molecule has 1 saturated heterocycles. The molecule has 10 heteroatoms. The van der Waals surface area contributed by atoms with E-state index in [0.29, 0.717) is 45.5 Å². The Morgan fingerprint density at radius 2 is 1.88 bits per heavy atom. The average molecular weight is 487 g/mol. The van der Waals surface area contributed by atoms with Gasteiger partial charge in [0.2, 0.25) is 0 Å². The number of anilines is 2. The number of benzene rings is 2. The van der Waals surface area contributed by atoms with Gasteiger partial charge in [0.15, 0.2) is 9.84 Å². The highest BCUT2D eigenvalue weighted by Gasteiger charge is 2.39. The number of carbonyl (C=O) groups is 1. The van der Waals surface area contributed by atoms with Crippen LogP contribution in [-0.4, -0.2) is 42.7 Å². The normalized spacial score (nSPS) is 21.5. The number of hydrogen-bond donors (Lipinski definition) is 1. The molecule has 0 radical (unpaired) electrons. The van der Waals surface area contributed by atoms with Gasteiger partial charge in [-0.1, -0.05) is 23.7 Å². The van der Waals surface area contributed by atoms with Gasteiger partial charge < -0.3 is 10.1 Å². The Balaban J connectivity index is 1.62. The minimum Gasteiger partial charge on any atom is -0.497 e. The van der Waals surface area contributed by atoms with Gasteiger partial charge in [-0.2, -0.15) is 5.10 Å². The highest BCUT2D eigenvalue weighted by atomic mass is 35.5. The van der Waals surface area contributed by atoms with E-state index in [2.05, 4.69) is 10.4 Å². The Morgan fingerprint density at radius 3 is 2.55 bits per heavy atom. The van der Waals surface area contributed by atoms with Crippen LogP contribution in [0.25, 0.3) is 0 Å². The van der Waals surface area contributed by atoms with Gasteiger partial charge in [-0.05, 0) is 49.7 Å². The summed E-state index contributed by atoms with van der Waals surface area (Å²) in [5.74, 6) is 0.632. The molecule has 1 fully saturated rings. The Bertz CT molecular complexity index is 1340. The molecule has 0 bridgehead atoms. The Hall–Kier alpha value is -3.04. The topological polar surface area (TPSA) is 93.5 Å². The summed E-state index contributed by atoms with van der Waals surface area (Å²) in [5.41, 5.74) is 3.18. The SMILES string of the molecule is COc1ccc(N2C(=O)c3ccccc3N[C@@H]2c2c(C)nn([C@H]3CCS(=O)(=O)C3)c2Cl)cc1. The maximum absolute atomic E-state index is 13.6. The zero-order valence-corrected chi connectivity index (χ0v) is 19.7. The minimum atomic E-state index is -3.11. The number of sulfone groups is 1. The van der Waals surface area contributed by atoms with Crippen molar-refractivity contribution < 1.29 is 17.9 Å². The van der Waals surface area contributed by atoms with Gasteiger partial charge in [0.05, 0.1) is 41.5 Å². The third-order valence-electron chi connectivity index (χ3n) is 6.18. The van der Waals surface area contributed by atoms with Crippen LogP contribution in [0.5, 0.6) is 5.75 Å². The number of aryl methyl sites for hydroxylation is 1. The molecular formula is C23H23ClN4O4S. The van der Waals surface area contributed by atoms with E-state index in [1.165, 1.54) is 0 Å². The number of para-hydroxylation sites is 1. The fourth-order valence-electron chi connectivity index (χ4n) is 4.52. The molecule has 172 valence electrons. The summed E-state index contributed by atoms with van der Waals surface area (Å²) in [7, 11) is -1.52. The van der Waals surface area contributed by atoms with Crippen molar-refractivity contribution >= 4 is 38.7 Å². The molecule has 33 heavy (non-hydrogen) atoms. The highest BCUT2D eigenvalue weighted by Crippen LogP contribution is 2.41. The fraction of sp³-hybridized carbons (Fsp3) is 0.304. The van der Waals surface area contributed by atoms with Crippen LogP contribution in [0.2, 0.25) is 5.15 Å². The summed E-state index contributed by atoms with van der Waals surface area (Å²) in [6, 6.07) is 14.2. The number of fused-ring (bicyclic) bond motifs is 1. The summed E-state index contributed by atoms with van der Waals surface area (Å²) in [6.07, 6.45) is -0.162. The zero-order chi connectivity index (χ0) is 23.3. The van der Waals surface area contributed by atoms with Gasteiger partial charge in [0.25, 0.3) is 5.91 Å². The first-order valence-corrected chi connectivity index (χ1v) is 12.8. The molecule has 5 rings (SSSR count). The van der Waals surface area contributed by atoms with E-state index in [1.54, 1.807) is 34.9 Å². The third-order valence-corrected chi connectivity index (χ3v) is 8.30. The molecule has 2 aliphatic rings. The van der Waals surface area contributed by atoms with Crippen LogP contribution in [0.4, 0.5) is 11.4 Å². The molecular weight excluding hydrogens is 464 g/mol. The molecule has 0 spiro atoms. The maximum Gasteiger partial charge on any atom is 0.262 e. The summed E-state index contributed by atoms with van der Waals surface area (Å²) in [6.45, 7) is 1.82. The number of halogens is 1. The van der Waals surface area contributed by atoms with Crippen molar-refractivity contribution in [3.63, 3.8) is 0 Å². The van der Waals surface area contributed by atoms with E-state index in [0.717, 1.165) is 0 Å². The van der Waals surface area contributed by atoms with E-state index >= 15 is 0 Å². The van der Waals surface area contributed by atoms with Crippen molar-refractivity contribution in [1.29, 1.82) is 0 Å². The second-order valence-electron chi connectivity index (χ2n) is 8.26. The lowest BCUT2D eigenvalue weighted by molar-refractivity contribution is 0.0975. The third kappa shape index (κ3) is 3.75. The lowest BCUT2D eigenvalue weighted by Crippen LogP contribution is -2.43. The lowest BCUT2D eigenvalue weighted by Gasteiger charge is -2.38. The molecule has 0 aliphatic carbocycles. The van der Waals surface area contributed by atoms with Crippen LogP contribution < -0.4 is 15.0 Å². The van der Waals surface area contributed by atoms with Crippen LogP contribution in [0.15, 0.2) is 48.5 Å². The number of methoxy groups -OCH3 is 1. The molecule has 3 aromatic rings. The van der Waals surface area contributed by atoms with Gasteiger partial charge in [0, 0.05) is 11.4 Å². The van der Waals surface area contributed by atoms with Crippen molar-refractivity contribution in [2.75, 3.05) is 28.8 Å². The number of aromatic nitrogens is 2. The first-order chi connectivity index (χ1) is 15.8.